The zero-order valence-electron chi connectivity index (χ0n) is 18.9. The third kappa shape index (κ3) is 3.09. The monoisotopic (exact) mass is 453 g/mol. The van der Waals surface area contributed by atoms with E-state index >= 15 is 0 Å². The molecule has 6 nitrogen and oxygen atoms in total. The topological polar surface area (TPSA) is 34.2 Å². The number of hydrogen-bond acceptors (Lipinski definition) is 7. The summed E-state index contributed by atoms with van der Waals surface area (Å²) in [4.78, 5) is 11.0. The van der Waals surface area contributed by atoms with Crippen LogP contribution in [0.15, 0.2) is 48.6 Å². The second-order valence-corrected chi connectivity index (χ2v) is 10.6. The van der Waals surface area contributed by atoms with E-state index in [9.17, 15) is 0 Å². The number of benzene rings is 1. The molecule has 6 rings (SSSR count). The molecule has 0 bridgehead atoms. The zero-order valence-corrected chi connectivity index (χ0v) is 19.7. The van der Waals surface area contributed by atoms with Crippen LogP contribution in [0.1, 0.15) is 12.8 Å². The molecule has 0 spiro atoms. The number of nitrogens with one attached hydrogen (secondary N) is 1. The molecule has 0 amide bonds. The smallest absolute Gasteiger partial charge is 0.151 e. The first-order valence-corrected chi connectivity index (χ1v) is 13.4. The van der Waals surface area contributed by atoms with Gasteiger partial charge in [-0.15, -0.1) is 0 Å². The molecule has 5 aliphatic rings. The third-order valence-electron chi connectivity index (χ3n) is 7.92. The van der Waals surface area contributed by atoms with Crippen LogP contribution in [-0.2, 0) is 4.74 Å². The van der Waals surface area contributed by atoms with Crippen molar-refractivity contribution in [2.75, 3.05) is 80.9 Å². The summed E-state index contributed by atoms with van der Waals surface area (Å²) in [6.07, 6.45) is 12.2. The van der Waals surface area contributed by atoms with Crippen molar-refractivity contribution >= 4 is 23.1 Å². The predicted octanol–water partition coefficient (Wildman–Crippen LogP) is 2.87. The van der Waals surface area contributed by atoms with Gasteiger partial charge in [-0.05, 0) is 37.1 Å². The van der Waals surface area contributed by atoms with Crippen LogP contribution in [0.2, 0.25) is 0 Å². The van der Waals surface area contributed by atoms with E-state index in [0.717, 1.165) is 59.2 Å². The number of anilines is 2. The van der Waals surface area contributed by atoms with Crippen LogP contribution in [0.25, 0.3) is 0 Å². The minimum absolute atomic E-state index is 0.219. The fourth-order valence-corrected chi connectivity index (χ4v) is 7.48. The first-order valence-electron chi connectivity index (χ1n) is 12.2. The Morgan fingerprint density at radius 3 is 2.22 bits per heavy atom. The number of allylic oxidation sites excluding steroid dienone is 2. The molecule has 0 aromatic heterocycles. The molecular formula is C25H35N5OS. The van der Waals surface area contributed by atoms with E-state index in [1.165, 1.54) is 35.7 Å². The highest BCUT2D eigenvalue weighted by atomic mass is 32.2. The number of ether oxygens (including phenoxy) is 1. The molecule has 32 heavy (non-hydrogen) atoms. The van der Waals surface area contributed by atoms with Gasteiger partial charge in [0.05, 0.1) is 31.3 Å². The number of likely N-dealkylation sites (tertiary alicyclic amines) is 1. The van der Waals surface area contributed by atoms with Crippen LogP contribution in [0, 0.1) is 0 Å². The Bertz CT molecular complexity index is 875. The Kier molecular flexibility index (Phi) is 5.72. The van der Waals surface area contributed by atoms with Crippen LogP contribution in [0.4, 0.5) is 11.4 Å². The van der Waals surface area contributed by atoms with Crippen molar-refractivity contribution in [3.8, 4) is 0 Å². The van der Waals surface area contributed by atoms with Crippen LogP contribution in [0.3, 0.4) is 0 Å². The Morgan fingerprint density at radius 1 is 0.781 bits per heavy atom. The number of para-hydroxylation sites is 2. The molecule has 3 fully saturated rings. The van der Waals surface area contributed by atoms with Gasteiger partial charge in [-0.3, -0.25) is 14.7 Å². The normalized spacial score (nSPS) is 34.1. The molecule has 1 aliphatic carbocycles. The van der Waals surface area contributed by atoms with Crippen molar-refractivity contribution in [2.45, 2.75) is 24.2 Å². The number of thioether (sulfide) groups is 1. The molecule has 2 atom stereocenters. The molecule has 0 radical (unpaired) electrons. The average molecular weight is 454 g/mol. The summed E-state index contributed by atoms with van der Waals surface area (Å²) in [7, 11) is 0. The molecular weight excluding hydrogens is 418 g/mol. The zero-order chi connectivity index (χ0) is 21.4. The van der Waals surface area contributed by atoms with Gasteiger partial charge in [0.2, 0.25) is 0 Å². The van der Waals surface area contributed by atoms with Crippen LogP contribution >= 0.6 is 11.8 Å². The van der Waals surface area contributed by atoms with E-state index in [2.05, 4.69) is 85.2 Å². The summed E-state index contributed by atoms with van der Waals surface area (Å²) in [6, 6.07) is 8.86. The van der Waals surface area contributed by atoms with Crippen LogP contribution < -0.4 is 10.2 Å². The summed E-state index contributed by atoms with van der Waals surface area (Å²) in [5.41, 5.74) is 2.08. The highest BCUT2D eigenvalue weighted by Crippen LogP contribution is 2.50. The SMILES string of the molecule is C1=CC(N2CCCC2)(N2CCOCC2)C(N2CCSCC2)(N2CNc3ccccc32)C=C1. The van der Waals surface area contributed by atoms with Crippen molar-refractivity contribution < 1.29 is 4.74 Å². The lowest BCUT2D eigenvalue weighted by Gasteiger charge is -2.65. The average Bonchev–Trinajstić information content (AvgIpc) is 3.56. The van der Waals surface area contributed by atoms with Gasteiger partial charge in [-0.25, -0.2) is 0 Å². The molecule has 2 unspecified atom stereocenters. The van der Waals surface area contributed by atoms with Gasteiger partial charge in [0.1, 0.15) is 5.66 Å². The molecule has 1 aromatic carbocycles. The number of morpholine rings is 1. The summed E-state index contributed by atoms with van der Waals surface area (Å²) in [5.74, 6) is 2.39. The van der Waals surface area contributed by atoms with Gasteiger partial charge in [-0.2, -0.15) is 11.8 Å². The molecule has 172 valence electrons. The van der Waals surface area contributed by atoms with E-state index in [1.54, 1.807) is 0 Å². The molecule has 4 heterocycles. The largest absolute Gasteiger partial charge is 0.379 e. The highest BCUT2D eigenvalue weighted by molar-refractivity contribution is 7.99. The number of nitrogens with zero attached hydrogens (tertiary/aromatic N) is 4. The Balaban J connectivity index is 1.57. The molecule has 0 saturated carbocycles. The third-order valence-corrected chi connectivity index (χ3v) is 8.86. The number of rotatable bonds is 4. The van der Waals surface area contributed by atoms with Gasteiger partial charge in [0, 0.05) is 50.8 Å². The fourth-order valence-electron chi connectivity index (χ4n) is 6.58. The van der Waals surface area contributed by atoms with Crippen molar-refractivity contribution in [3.05, 3.63) is 48.6 Å². The molecule has 3 saturated heterocycles. The van der Waals surface area contributed by atoms with E-state index < -0.39 is 0 Å². The van der Waals surface area contributed by atoms with Crippen molar-refractivity contribution in [1.29, 1.82) is 0 Å². The van der Waals surface area contributed by atoms with Crippen molar-refractivity contribution in [2.24, 2.45) is 0 Å². The summed E-state index contributed by atoms with van der Waals surface area (Å²) < 4.78 is 5.85. The lowest BCUT2D eigenvalue weighted by Crippen LogP contribution is -2.82. The number of fused-ring (bicyclic) bond motifs is 1. The Labute approximate surface area is 196 Å². The second kappa shape index (κ2) is 8.69. The van der Waals surface area contributed by atoms with Crippen LogP contribution in [-0.4, -0.2) is 96.7 Å². The number of hydrogen-bond donors (Lipinski definition) is 1. The second-order valence-electron chi connectivity index (χ2n) is 9.34. The maximum atomic E-state index is 5.85. The summed E-state index contributed by atoms with van der Waals surface area (Å²) in [5, 5.41) is 3.72. The molecule has 1 N–H and O–H groups in total. The lowest BCUT2D eigenvalue weighted by atomic mass is 9.80. The minimum atomic E-state index is -0.274. The summed E-state index contributed by atoms with van der Waals surface area (Å²) >= 11 is 2.09. The molecule has 1 aromatic rings. The van der Waals surface area contributed by atoms with Gasteiger partial charge >= 0.3 is 0 Å². The van der Waals surface area contributed by atoms with Gasteiger partial charge in [0.15, 0.2) is 5.66 Å². The molecule has 4 aliphatic heterocycles. The highest BCUT2D eigenvalue weighted by Gasteiger charge is 2.63. The maximum absolute atomic E-state index is 5.85. The maximum Gasteiger partial charge on any atom is 0.151 e. The Hall–Kier alpha value is -1.51. The lowest BCUT2D eigenvalue weighted by molar-refractivity contribution is -0.135. The standard InChI is InChI=1S/C25H35N5OS/c1-2-8-23-22(7-1)26-21-30(23)25(29-15-19-32-20-16-29)10-4-3-9-24(25,27-11-5-6-12-27)28-13-17-31-18-14-28/h1-4,7-10,26H,5-6,11-21H2. The van der Waals surface area contributed by atoms with E-state index in [-0.39, 0.29) is 11.3 Å². The minimum Gasteiger partial charge on any atom is -0.379 e. The van der Waals surface area contributed by atoms with Crippen molar-refractivity contribution in [1.82, 2.24) is 14.7 Å². The van der Waals surface area contributed by atoms with Gasteiger partial charge in [0.25, 0.3) is 0 Å². The van der Waals surface area contributed by atoms with E-state index in [0.29, 0.717) is 0 Å². The first-order chi connectivity index (χ1) is 15.9. The summed E-state index contributed by atoms with van der Waals surface area (Å²) in [6.45, 7) is 8.95. The van der Waals surface area contributed by atoms with Crippen molar-refractivity contribution in [3.63, 3.8) is 0 Å². The quantitative estimate of drug-likeness (QED) is 0.751. The van der Waals surface area contributed by atoms with Gasteiger partial charge < -0.3 is 15.0 Å². The fraction of sp³-hybridized carbons (Fsp3) is 0.600. The predicted molar refractivity (Wildman–Crippen MR) is 133 cm³/mol. The molecule has 7 heteroatoms. The first kappa shape index (κ1) is 21.1. The van der Waals surface area contributed by atoms with Crippen LogP contribution in [0.5, 0.6) is 0 Å². The Morgan fingerprint density at radius 2 is 1.44 bits per heavy atom. The van der Waals surface area contributed by atoms with E-state index in [1.807, 2.05) is 0 Å². The van der Waals surface area contributed by atoms with E-state index in [4.69, 9.17) is 4.74 Å². The van der Waals surface area contributed by atoms with Gasteiger partial charge in [-0.1, -0.05) is 24.3 Å².